The predicted octanol–water partition coefficient (Wildman–Crippen LogP) is 12.5. The SMILES string of the molecule is C=C(O)CCCCCCC/C(=C/C/C=C/CCCCC)C(CCCCCCCC(=O)O)C(C)C(C)CCCCC. The van der Waals surface area contributed by atoms with Gasteiger partial charge in [0.1, 0.15) is 0 Å². The van der Waals surface area contributed by atoms with Crippen LogP contribution in [0.2, 0.25) is 0 Å². The average molecular weight is 561 g/mol. The number of hydrogen-bond donors (Lipinski definition) is 2. The highest BCUT2D eigenvalue weighted by atomic mass is 16.4. The molecule has 3 unspecified atom stereocenters. The van der Waals surface area contributed by atoms with Crippen molar-refractivity contribution < 1.29 is 15.0 Å². The van der Waals surface area contributed by atoms with Crippen LogP contribution in [-0.2, 0) is 4.79 Å². The Bertz CT molecular complexity index is 662. The number of carboxylic acids is 1. The Balaban J connectivity index is 5.29. The minimum Gasteiger partial charge on any atom is -0.513 e. The molecule has 0 saturated carbocycles. The average Bonchev–Trinajstić information content (AvgIpc) is 2.92. The maximum absolute atomic E-state index is 10.8. The second kappa shape index (κ2) is 27.6. The van der Waals surface area contributed by atoms with E-state index >= 15 is 0 Å². The lowest BCUT2D eigenvalue weighted by Crippen LogP contribution is -2.21. The first-order chi connectivity index (χ1) is 19.3. The molecule has 0 heterocycles. The van der Waals surface area contributed by atoms with E-state index in [-0.39, 0.29) is 0 Å². The largest absolute Gasteiger partial charge is 0.513 e. The van der Waals surface area contributed by atoms with Crippen LogP contribution in [0.3, 0.4) is 0 Å². The molecule has 0 radical (unpaired) electrons. The Labute approximate surface area is 250 Å². The first kappa shape index (κ1) is 38.5. The Morgan fingerprint density at radius 2 is 1.23 bits per heavy atom. The fourth-order valence-corrected chi connectivity index (χ4v) is 5.91. The van der Waals surface area contributed by atoms with Gasteiger partial charge in [0.25, 0.3) is 0 Å². The van der Waals surface area contributed by atoms with Crippen LogP contribution in [0.4, 0.5) is 0 Å². The fraction of sp³-hybridized carbons (Fsp3) is 0.811. The van der Waals surface area contributed by atoms with Gasteiger partial charge in [0.2, 0.25) is 0 Å². The molecule has 0 aromatic carbocycles. The third-order valence-electron chi connectivity index (χ3n) is 8.77. The molecule has 0 saturated heterocycles. The van der Waals surface area contributed by atoms with Crippen molar-refractivity contribution in [2.75, 3.05) is 0 Å². The highest BCUT2D eigenvalue weighted by Crippen LogP contribution is 2.36. The van der Waals surface area contributed by atoms with Gasteiger partial charge >= 0.3 is 5.97 Å². The second-order valence-electron chi connectivity index (χ2n) is 12.5. The van der Waals surface area contributed by atoms with Gasteiger partial charge in [-0.05, 0) is 69.1 Å². The zero-order valence-electron chi connectivity index (χ0n) is 27.2. The molecule has 3 atom stereocenters. The van der Waals surface area contributed by atoms with Crippen LogP contribution in [0, 0.1) is 17.8 Å². The molecule has 0 aliphatic heterocycles. The van der Waals surface area contributed by atoms with Crippen LogP contribution >= 0.6 is 0 Å². The molecule has 0 aromatic heterocycles. The Morgan fingerprint density at radius 3 is 1.85 bits per heavy atom. The van der Waals surface area contributed by atoms with Crippen LogP contribution in [-0.4, -0.2) is 16.2 Å². The standard InChI is InChI=1S/C37H68O3/c1-6-8-10-11-12-16-22-28-35(29-23-17-13-15-21-27-33(4)38)36(34(5)32(3)26-20-9-7-2)30-24-18-14-19-25-31-37(39)40/h12,16,28,32,34,36,38H,4,6-11,13-15,17-27,29-31H2,1-3,5H3,(H,39,40)/b16-12+,35-28-. The van der Waals surface area contributed by atoms with Crippen LogP contribution in [0.1, 0.15) is 175 Å². The van der Waals surface area contributed by atoms with E-state index in [4.69, 9.17) is 5.11 Å². The van der Waals surface area contributed by atoms with Crippen molar-refractivity contribution in [1.82, 2.24) is 0 Å². The van der Waals surface area contributed by atoms with Gasteiger partial charge in [0, 0.05) is 12.8 Å². The fourth-order valence-electron chi connectivity index (χ4n) is 5.91. The topological polar surface area (TPSA) is 57.5 Å². The summed E-state index contributed by atoms with van der Waals surface area (Å²) < 4.78 is 0. The molecule has 0 rings (SSSR count). The molecule has 40 heavy (non-hydrogen) atoms. The molecule has 0 aliphatic carbocycles. The highest BCUT2D eigenvalue weighted by molar-refractivity contribution is 5.66. The molecule has 0 amide bonds. The van der Waals surface area contributed by atoms with Crippen molar-refractivity contribution in [2.45, 2.75) is 175 Å². The molecule has 234 valence electrons. The van der Waals surface area contributed by atoms with Crippen molar-refractivity contribution in [3.63, 3.8) is 0 Å². The molecule has 3 heteroatoms. The number of hydrogen-bond acceptors (Lipinski definition) is 2. The molecule has 0 spiro atoms. The molecular weight excluding hydrogens is 492 g/mol. The van der Waals surface area contributed by atoms with E-state index < -0.39 is 5.97 Å². The van der Waals surface area contributed by atoms with Crippen molar-refractivity contribution >= 4 is 5.97 Å². The maximum Gasteiger partial charge on any atom is 0.303 e. The van der Waals surface area contributed by atoms with Gasteiger partial charge in [-0.1, -0.05) is 142 Å². The van der Waals surface area contributed by atoms with E-state index in [9.17, 15) is 9.90 Å². The zero-order valence-corrected chi connectivity index (χ0v) is 27.2. The van der Waals surface area contributed by atoms with E-state index in [1.165, 1.54) is 103 Å². The number of unbranched alkanes of at least 4 members (excludes halogenated alkanes) is 13. The van der Waals surface area contributed by atoms with Crippen molar-refractivity contribution in [3.8, 4) is 0 Å². The summed E-state index contributed by atoms with van der Waals surface area (Å²) in [5.41, 5.74) is 1.70. The summed E-state index contributed by atoms with van der Waals surface area (Å²) in [4.78, 5) is 10.8. The van der Waals surface area contributed by atoms with Gasteiger partial charge in [0.05, 0.1) is 5.76 Å². The number of carboxylic acid groups (broad SMARTS) is 1. The molecule has 2 N–H and O–H groups in total. The molecule has 0 aliphatic rings. The second-order valence-corrected chi connectivity index (χ2v) is 12.5. The Kier molecular flexibility index (Phi) is 26.6. The minimum absolute atomic E-state index is 0.308. The number of carbonyl (C=O) groups is 1. The van der Waals surface area contributed by atoms with Crippen LogP contribution < -0.4 is 0 Å². The first-order valence-corrected chi connectivity index (χ1v) is 17.3. The molecular formula is C37H68O3. The van der Waals surface area contributed by atoms with Crippen LogP contribution in [0.15, 0.2) is 36.1 Å². The summed E-state index contributed by atoms with van der Waals surface area (Å²) in [6.45, 7) is 13.2. The van der Waals surface area contributed by atoms with E-state index in [0.29, 0.717) is 24.0 Å². The number of allylic oxidation sites excluding steroid dienone is 5. The first-order valence-electron chi connectivity index (χ1n) is 17.3. The van der Waals surface area contributed by atoms with Gasteiger partial charge in [-0.25, -0.2) is 0 Å². The van der Waals surface area contributed by atoms with E-state index in [1.54, 1.807) is 5.57 Å². The summed E-state index contributed by atoms with van der Waals surface area (Å²) in [7, 11) is 0. The lowest BCUT2D eigenvalue weighted by atomic mass is 9.73. The molecule has 0 fully saturated rings. The maximum atomic E-state index is 10.8. The van der Waals surface area contributed by atoms with Crippen LogP contribution in [0.5, 0.6) is 0 Å². The highest BCUT2D eigenvalue weighted by Gasteiger charge is 2.25. The monoisotopic (exact) mass is 561 g/mol. The van der Waals surface area contributed by atoms with Gasteiger partial charge in [-0.3, -0.25) is 4.79 Å². The number of aliphatic carboxylic acids is 1. The third-order valence-corrected chi connectivity index (χ3v) is 8.77. The molecule has 3 nitrogen and oxygen atoms in total. The van der Waals surface area contributed by atoms with Crippen molar-refractivity contribution in [2.24, 2.45) is 17.8 Å². The van der Waals surface area contributed by atoms with Gasteiger partial charge < -0.3 is 10.2 Å². The smallest absolute Gasteiger partial charge is 0.303 e. The van der Waals surface area contributed by atoms with E-state index in [0.717, 1.165) is 44.4 Å². The summed E-state index contributed by atoms with van der Waals surface area (Å²) in [6.07, 6.45) is 33.8. The Hall–Kier alpha value is -1.51. The number of aliphatic hydroxyl groups excluding tert-OH is 1. The summed E-state index contributed by atoms with van der Waals surface area (Å²) in [5.74, 6) is 1.74. The summed E-state index contributed by atoms with van der Waals surface area (Å²) >= 11 is 0. The van der Waals surface area contributed by atoms with Crippen molar-refractivity contribution in [1.29, 1.82) is 0 Å². The van der Waals surface area contributed by atoms with E-state index in [1.807, 2.05) is 0 Å². The number of rotatable bonds is 29. The Morgan fingerprint density at radius 1 is 0.675 bits per heavy atom. The van der Waals surface area contributed by atoms with Crippen LogP contribution in [0.25, 0.3) is 0 Å². The van der Waals surface area contributed by atoms with Gasteiger partial charge in [-0.15, -0.1) is 0 Å². The normalized spacial score (nSPS) is 14.4. The zero-order chi connectivity index (χ0) is 29.8. The lowest BCUT2D eigenvalue weighted by Gasteiger charge is -2.32. The van der Waals surface area contributed by atoms with Gasteiger partial charge in [0.15, 0.2) is 0 Å². The number of aliphatic hydroxyl groups is 1. The lowest BCUT2D eigenvalue weighted by molar-refractivity contribution is -0.137. The molecule has 0 bridgehead atoms. The summed E-state index contributed by atoms with van der Waals surface area (Å²) in [5, 5.41) is 18.3. The third kappa shape index (κ3) is 23.2. The summed E-state index contributed by atoms with van der Waals surface area (Å²) in [6, 6.07) is 0. The minimum atomic E-state index is -0.668. The predicted molar refractivity (Wildman–Crippen MR) is 176 cm³/mol. The quantitative estimate of drug-likeness (QED) is 0.0543. The van der Waals surface area contributed by atoms with Crippen molar-refractivity contribution in [3.05, 3.63) is 36.1 Å². The van der Waals surface area contributed by atoms with E-state index in [2.05, 4.69) is 52.5 Å². The van der Waals surface area contributed by atoms with Gasteiger partial charge in [-0.2, -0.15) is 0 Å². The molecule has 0 aromatic rings.